The van der Waals surface area contributed by atoms with Crippen LogP contribution in [0.2, 0.25) is 0 Å². The van der Waals surface area contributed by atoms with Gasteiger partial charge in [0.2, 0.25) is 0 Å². The lowest BCUT2D eigenvalue weighted by atomic mass is 10.1. The number of amides is 1. The van der Waals surface area contributed by atoms with Crippen LogP contribution in [-0.4, -0.2) is 74.3 Å². The van der Waals surface area contributed by atoms with Crippen molar-refractivity contribution in [1.29, 1.82) is 0 Å². The number of nitrogens with two attached hydrogens (primary N) is 1. The van der Waals surface area contributed by atoms with Crippen LogP contribution in [0, 0.1) is 5.92 Å². The van der Waals surface area contributed by atoms with E-state index < -0.39 is 0 Å². The van der Waals surface area contributed by atoms with Gasteiger partial charge in [-0.25, -0.2) is 4.79 Å². The second kappa shape index (κ2) is 10.2. The van der Waals surface area contributed by atoms with Crippen LogP contribution in [0.1, 0.15) is 26.2 Å². The first-order valence-corrected chi connectivity index (χ1v) is 8.25. The summed E-state index contributed by atoms with van der Waals surface area (Å²) in [5.74, 6) is 1.15. The van der Waals surface area contributed by atoms with E-state index in [1.807, 2.05) is 6.92 Å². The maximum atomic E-state index is 11.6. The van der Waals surface area contributed by atoms with Gasteiger partial charge in [-0.15, -0.1) is 24.0 Å². The van der Waals surface area contributed by atoms with E-state index in [-0.39, 0.29) is 30.1 Å². The number of nitrogens with one attached hydrogen (secondary N) is 1. The van der Waals surface area contributed by atoms with E-state index in [9.17, 15) is 4.79 Å². The molecule has 0 saturated carbocycles. The fourth-order valence-electron chi connectivity index (χ4n) is 3.08. The molecule has 23 heavy (non-hydrogen) atoms. The predicted octanol–water partition coefficient (Wildman–Crippen LogP) is 1.08. The molecule has 2 fully saturated rings. The van der Waals surface area contributed by atoms with E-state index in [1.165, 1.54) is 6.42 Å². The highest BCUT2D eigenvalue weighted by atomic mass is 127. The molecule has 134 valence electrons. The zero-order valence-electron chi connectivity index (χ0n) is 14.2. The first-order valence-electron chi connectivity index (χ1n) is 8.25. The van der Waals surface area contributed by atoms with E-state index in [2.05, 4.69) is 22.3 Å². The molecule has 0 spiro atoms. The lowest BCUT2D eigenvalue weighted by Crippen LogP contribution is -2.48. The molecule has 0 aromatic heterocycles. The minimum absolute atomic E-state index is 0. The Labute approximate surface area is 156 Å². The maximum absolute atomic E-state index is 11.6. The first-order chi connectivity index (χ1) is 10.6. The molecule has 3 N–H and O–H groups in total. The summed E-state index contributed by atoms with van der Waals surface area (Å²) >= 11 is 0. The fraction of sp³-hybridized carbons (Fsp3) is 0.867. The molecule has 2 aliphatic rings. The molecule has 8 heteroatoms. The van der Waals surface area contributed by atoms with Crippen molar-refractivity contribution >= 4 is 36.0 Å². The number of halogens is 1. The summed E-state index contributed by atoms with van der Waals surface area (Å²) in [6.07, 6.45) is 2.74. The van der Waals surface area contributed by atoms with Crippen LogP contribution >= 0.6 is 24.0 Å². The van der Waals surface area contributed by atoms with Gasteiger partial charge in [-0.1, -0.05) is 0 Å². The maximum Gasteiger partial charge on any atom is 0.409 e. The zero-order valence-corrected chi connectivity index (χ0v) is 16.5. The van der Waals surface area contributed by atoms with Gasteiger partial charge in [0.05, 0.1) is 6.61 Å². The van der Waals surface area contributed by atoms with E-state index in [0.717, 1.165) is 32.5 Å². The summed E-state index contributed by atoms with van der Waals surface area (Å²) in [5.41, 5.74) is 5.98. The number of ether oxygens (including phenoxy) is 1. The molecule has 2 heterocycles. The Morgan fingerprint density at radius 1 is 1.30 bits per heavy atom. The highest BCUT2D eigenvalue weighted by molar-refractivity contribution is 14.0. The number of carbonyl (C=O) groups is 1. The Hall–Kier alpha value is -0.770. The molecule has 0 aliphatic carbocycles. The average molecular weight is 439 g/mol. The molecule has 2 rings (SSSR count). The van der Waals surface area contributed by atoms with Crippen LogP contribution in [0.5, 0.6) is 0 Å². The molecule has 2 aliphatic heterocycles. The minimum atomic E-state index is -0.215. The predicted molar refractivity (Wildman–Crippen MR) is 102 cm³/mol. The lowest BCUT2D eigenvalue weighted by molar-refractivity contribution is 0.0963. The normalized spacial score (nSPS) is 23.5. The van der Waals surface area contributed by atoms with Crippen LogP contribution in [0.15, 0.2) is 4.99 Å². The smallest absolute Gasteiger partial charge is 0.409 e. The van der Waals surface area contributed by atoms with E-state index in [1.54, 1.807) is 4.90 Å². The molecule has 1 amide bonds. The van der Waals surface area contributed by atoms with Gasteiger partial charge in [-0.3, -0.25) is 4.99 Å². The summed E-state index contributed by atoms with van der Waals surface area (Å²) < 4.78 is 5.02. The van der Waals surface area contributed by atoms with E-state index in [4.69, 9.17) is 10.5 Å². The van der Waals surface area contributed by atoms with Crippen molar-refractivity contribution in [2.45, 2.75) is 32.2 Å². The van der Waals surface area contributed by atoms with Crippen molar-refractivity contribution < 1.29 is 9.53 Å². The summed E-state index contributed by atoms with van der Waals surface area (Å²) in [6.45, 7) is 6.71. The van der Waals surface area contributed by atoms with Crippen LogP contribution in [0.25, 0.3) is 0 Å². The van der Waals surface area contributed by atoms with Crippen molar-refractivity contribution in [1.82, 2.24) is 15.1 Å². The number of piperidine rings is 1. The van der Waals surface area contributed by atoms with Gasteiger partial charge in [0, 0.05) is 32.2 Å². The largest absolute Gasteiger partial charge is 0.450 e. The van der Waals surface area contributed by atoms with Gasteiger partial charge in [0.15, 0.2) is 5.96 Å². The standard InChI is InChI=1S/C15H29N5O2.HI/c1-3-22-15(21)20-8-5-13(6-9-20)18-14(16)17-10-12-4-7-19(2)11-12;/h12-13H,3-11H2,1-2H3,(H3,16,17,18);1H. The van der Waals surface area contributed by atoms with Crippen molar-refractivity contribution in [3.05, 3.63) is 0 Å². The van der Waals surface area contributed by atoms with Gasteiger partial charge in [0.25, 0.3) is 0 Å². The fourth-order valence-corrected chi connectivity index (χ4v) is 3.08. The minimum Gasteiger partial charge on any atom is -0.450 e. The Balaban J connectivity index is 0.00000264. The van der Waals surface area contributed by atoms with Gasteiger partial charge < -0.3 is 25.6 Å². The second-order valence-corrected chi connectivity index (χ2v) is 6.25. The monoisotopic (exact) mass is 439 g/mol. The topological polar surface area (TPSA) is 83.2 Å². The third kappa shape index (κ3) is 6.70. The second-order valence-electron chi connectivity index (χ2n) is 6.25. The SMILES string of the molecule is CCOC(=O)N1CCC(NC(N)=NCC2CCN(C)C2)CC1.I. The molecular weight excluding hydrogens is 409 g/mol. The van der Waals surface area contributed by atoms with Gasteiger partial charge >= 0.3 is 6.09 Å². The molecule has 0 radical (unpaired) electrons. The number of carbonyl (C=O) groups excluding carboxylic acids is 1. The Kier molecular flexibility index (Phi) is 8.96. The summed E-state index contributed by atoms with van der Waals surface area (Å²) in [6, 6.07) is 0.292. The number of guanidine groups is 1. The van der Waals surface area contributed by atoms with Gasteiger partial charge in [-0.2, -0.15) is 0 Å². The number of hydrogen-bond acceptors (Lipinski definition) is 4. The number of nitrogens with zero attached hydrogens (tertiary/aromatic N) is 3. The first kappa shape index (κ1) is 20.3. The molecular formula is C15H30IN5O2. The van der Waals surface area contributed by atoms with Crippen molar-refractivity contribution in [3.63, 3.8) is 0 Å². The molecule has 7 nitrogen and oxygen atoms in total. The highest BCUT2D eigenvalue weighted by Gasteiger charge is 2.24. The molecule has 0 bridgehead atoms. The van der Waals surface area contributed by atoms with Crippen molar-refractivity contribution in [3.8, 4) is 0 Å². The third-order valence-corrected chi connectivity index (χ3v) is 4.38. The van der Waals surface area contributed by atoms with Gasteiger partial charge in [-0.05, 0) is 45.7 Å². The van der Waals surface area contributed by atoms with Gasteiger partial charge in [0.1, 0.15) is 0 Å². The number of likely N-dealkylation sites (tertiary alicyclic amines) is 2. The number of aliphatic imine (C=N–C) groups is 1. The summed E-state index contributed by atoms with van der Waals surface area (Å²) in [5, 5.41) is 3.28. The van der Waals surface area contributed by atoms with E-state index in [0.29, 0.717) is 37.6 Å². The van der Waals surface area contributed by atoms with Crippen molar-refractivity contribution in [2.75, 3.05) is 46.4 Å². The number of hydrogen-bond donors (Lipinski definition) is 2. The van der Waals surface area contributed by atoms with Crippen LogP contribution in [-0.2, 0) is 4.74 Å². The molecule has 2 saturated heterocycles. The number of rotatable bonds is 4. The van der Waals surface area contributed by atoms with Crippen molar-refractivity contribution in [2.24, 2.45) is 16.6 Å². The summed E-state index contributed by atoms with van der Waals surface area (Å²) in [7, 11) is 2.14. The van der Waals surface area contributed by atoms with Crippen LogP contribution in [0.3, 0.4) is 0 Å². The third-order valence-electron chi connectivity index (χ3n) is 4.38. The molecule has 0 aromatic carbocycles. The molecule has 1 unspecified atom stereocenters. The summed E-state index contributed by atoms with van der Waals surface area (Å²) in [4.78, 5) is 20.2. The lowest BCUT2D eigenvalue weighted by Gasteiger charge is -2.31. The zero-order chi connectivity index (χ0) is 15.9. The van der Waals surface area contributed by atoms with Crippen LogP contribution < -0.4 is 11.1 Å². The Morgan fingerprint density at radius 3 is 2.57 bits per heavy atom. The van der Waals surface area contributed by atoms with E-state index >= 15 is 0 Å². The van der Waals surface area contributed by atoms with Crippen LogP contribution in [0.4, 0.5) is 4.79 Å². The molecule has 1 atom stereocenters. The Morgan fingerprint density at radius 2 is 2.00 bits per heavy atom. The quantitative estimate of drug-likeness (QED) is 0.389. The average Bonchev–Trinajstić information content (AvgIpc) is 2.92. The molecule has 0 aromatic rings. The highest BCUT2D eigenvalue weighted by Crippen LogP contribution is 2.14. The Bertz CT molecular complexity index is 399.